The van der Waals surface area contributed by atoms with Gasteiger partial charge in [-0.25, -0.2) is 4.98 Å². The van der Waals surface area contributed by atoms with Gasteiger partial charge in [-0.3, -0.25) is 0 Å². The summed E-state index contributed by atoms with van der Waals surface area (Å²) in [6.07, 6.45) is 5.76. The first-order valence-corrected chi connectivity index (χ1v) is 6.80. The van der Waals surface area contributed by atoms with Crippen molar-refractivity contribution in [2.24, 2.45) is 0 Å². The van der Waals surface area contributed by atoms with Gasteiger partial charge in [0.05, 0.1) is 17.4 Å². The summed E-state index contributed by atoms with van der Waals surface area (Å²) in [6.45, 7) is 4.33. The third-order valence-corrected chi connectivity index (χ3v) is 4.40. The second-order valence-corrected chi connectivity index (χ2v) is 5.53. The van der Waals surface area contributed by atoms with Crippen LogP contribution in [0, 0.1) is 13.8 Å². The minimum absolute atomic E-state index is 0.606. The highest BCUT2D eigenvalue weighted by Gasteiger charge is 2.25. The summed E-state index contributed by atoms with van der Waals surface area (Å²) in [7, 11) is 2.06. The number of fused-ring (bicyclic) bond motifs is 1. The number of rotatable bonds is 2. The Hall–Kier alpha value is -1.35. The third kappa shape index (κ3) is 1.83. The Morgan fingerprint density at radius 2 is 2.00 bits per heavy atom. The molecule has 1 aromatic carbocycles. The van der Waals surface area contributed by atoms with Crippen molar-refractivity contribution in [3.63, 3.8) is 0 Å². The van der Waals surface area contributed by atoms with Crippen molar-refractivity contribution in [2.75, 3.05) is 7.05 Å². The Kier molecular flexibility index (Phi) is 2.86. The summed E-state index contributed by atoms with van der Waals surface area (Å²) in [5.74, 6) is 0. The van der Waals surface area contributed by atoms with Crippen LogP contribution in [0.5, 0.6) is 0 Å². The highest BCUT2D eigenvalue weighted by Crippen LogP contribution is 2.32. The summed E-state index contributed by atoms with van der Waals surface area (Å²) in [4.78, 5) is 4.56. The zero-order valence-corrected chi connectivity index (χ0v) is 11.4. The Labute approximate surface area is 108 Å². The molecule has 2 unspecified atom stereocenters. The minimum atomic E-state index is 0.606. The van der Waals surface area contributed by atoms with E-state index in [0.29, 0.717) is 12.1 Å². The number of hydrogen-bond acceptors (Lipinski definition) is 2. The fraction of sp³-hybridized carbons (Fsp3) is 0.533. The summed E-state index contributed by atoms with van der Waals surface area (Å²) in [6, 6.07) is 5.75. The molecule has 1 fully saturated rings. The quantitative estimate of drug-likeness (QED) is 0.879. The van der Waals surface area contributed by atoms with Crippen molar-refractivity contribution in [3.05, 3.63) is 29.6 Å². The van der Waals surface area contributed by atoms with E-state index >= 15 is 0 Å². The summed E-state index contributed by atoms with van der Waals surface area (Å²) in [5, 5.41) is 3.39. The molecule has 0 amide bonds. The maximum absolute atomic E-state index is 4.56. The highest BCUT2D eigenvalue weighted by molar-refractivity contribution is 5.77. The molecule has 1 saturated carbocycles. The van der Waals surface area contributed by atoms with Gasteiger partial charge < -0.3 is 9.88 Å². The lowest BCUT2D eigenvalue weighted by molar-refractivity contribution is 0.502. The maximum Gasteiger partial charge on any atom is 0.0960 e. The van der Waals surface area contributed by atoms with Gasteiger partial charge in [-0.2, -0.15) is 0 Å². The number of benzene rings is 1. The predicted octanol–water partition coefficient (Wildman–Crippen LogP) is 2.97. The van der Waals surface area contributed by atoms with Gasteiger partial charge in [-0.05, 0) is 63.4 Å². The van der Waals surface area contributed by atoms with E-state index < -0.39 is 0 Å². The Morgan fingerprint density at radius 3 is 2.72 bits per heavy atom. The standard InChI is InChI=1S/C15H21N3/c1-10-6-14-15(7-11(10)2)18(9-17-14)13-5-4-12(8-13)16-3/h6-7,9,12-13,16H,4-5,8H2,1-3H3. The van der Waals surface area contributed by atoms with Gasteiger partial charge in [-0.1, -0.05) is 0 Å². The van der Waals surface area contributed by atoms with Crippen LogP contribution in [0.1, 0.15) is 36.4 Å². The normalized spacial score (nSPS) is 23.9. The molecule has 0 radical (unpaired) electrons. The van der Waals surface area contributed by atoms with Crippen LogP contribution in [-0.4, -0.2) is 22.6 Å². The smallest absolute Gasteiger partial charge is 0.0960 e. The van der Waals surface area contributed by atoms with E-state index in [4.69, 9.17) is 0 Å². The summed E-state index contributed by atoms with van der Waals surface area (Å²) >= 11 is 0. The van der Waals surface area contributed by atoms with Crippen LogP contribution in [0.15, 0.2) is 18.5 Å². The van der Waals surface area contributed by atoms with Crippen LogP contribution in [0.3, 0.4) is 0 Å². The molecule has 96 valence electrons. The zero-order chi connectivity index (χ0) is 12.7. The number of imidazole rings is 1. The third-order valence-electron chi connectivity index (χ3n) is 4.40. The lowest BCUT2D eigenvalue weighted by Crippen LogP contribution is -2.21. The van der Waals surface area contributed by atoms with Crippen LogP contribution in [0.25, 0.3) is 11.0 Å². The van der Waals surface area contributed by atoms with Crippen LogP contribution in [0.2, 0.25) is 0 Å². The zero-order valence-electron chi connectivity index (χ0n) is 11.4. The maximum atomic E-state index is 4.56. The molecule has 1 N–H and O–H groups in total. The topological polar surface area (TPSA) is 29.9 Å². The number of hydrogen-bond donors (Lipinski definition) is 1. The van der Waals surface area contributed by atoms with Crippen molar-refractivity contribution < 1.29 is 0 Å². The van der Waals surface area contributed by atoms with Crippen molar-refractivity contribution in [2.45, 2.75) is 45.2 Å². The first-order valence-electron chi connectivity index (χ1n) is 6.80. The fourth-order valence-electron chi connectivity index (χ4n) is 3.05. The molecular formula is C15H21N3. The first-order chi connectivity index (χ1) is 8.69. The number of aryl methyl sites for hydroxylation is 2. The Bertz CT molecular complexity index is 570. The average molecular weight is 243 g/mol. The van der Waals surface area contributed by atoms with E-state index in [2.05, 4.69) is 47.9 Å². The number of aromatic nitrogens is 2. The van der Waals surface area contributed by atoms with E-state index in [9.17, 15) is 0 Å². The number of nitrogens with one attached hydrogen (secondary N) is 1. The molecule has 18 heavy (non-hydrogen) atoms. The molecule has 2 aromatic rings. The molecular weight excluding hydrogens is 222 g/mol. The molecule has 2 atom stereocenters. The molecule has 0 spiro atoms. The molecule has 1 aliphatic carbocycles. The predicted molar refractivity (Wildman–Crippen MR) is 74.9 cm³/mol. The summed E-state index contributed by atoms with van der Waals surface area (Å²) < 4.78 is 2.37. The van der Waals surface area contributed by atoms with Gasteiger partial charge in [-0.15, -0.1) is 0 Å². The van der Waals surface area contributed by atoms with Crippen molar-refractivity contribution in [3.8, 4) is 0 Å². The summed E-state index contributed by atoms with van der Waals surface area (Å²) in [5.41, 5.74) is 5.10. The lowest BCUT2D eigenvalue weighted by atomic mass is 10.1. The van der Waals surface area contributed by atoms with E-state index in [1.165, 1.54) is 35.9 Å². The van der Waals surface area contributed by atoms with E-state index in [0.717, 1.165) is 5.52 Å². The average Bonchev–Trinajstić information content (AvgIpc) is 2.96. The Morgan fingerprint density at radius 1 is 1.22 bits per heavy atom. The van der Waals surface area contributed by atoms with Crippen molar-refractivity contribution in [1.82, 2.24) is 14.9 Å². The van der Waals surface area contributed by atoms with Crippen LogP contribution >= 0.6 is 0 Å². The van der Waals surface area contributed by atoms with Gasteiger partial charge in [0, 0.05) is 12.1 Å². The second kappa shape index (κ2) is 4.39. The fourth-order valence-corrected chi connectivity index (χ4v) is 3.05. The van der Waals surface area contributed by atoms with Crippen LogP contribution < -0.4 is 5.32 Å². The lowest BCUT2D eigenvalue weighted by Gasteiger charge is -2.14. The van der Waals surface area contributed by atoms with Gasteiger partial charge >= 0.3 is 0 Å². The van der Waals surface area contributed by atoms with E-state index in [-0.39, 0.29) is 0 Å². The van der Waals surface area contributed by atoms with E-state index in [1.54, 1.807) is 0 Å². The van der Waals surface area contributed by atoms with Crippen molar-refractivity contribution >= 4 is 11.0 Å². The molecule has 1 aliphatic rings. The van der Waals surface area contributed by atoms with Crippen molar-refractivity contribution in [1.29, 1.82) is 0 Å². The van der Waals surface area contributed by atoms with Gasteiger partial charge in [0.1, 0.15) is 0 Å². The molecule has 3 nitrogen and oxygen atoms in total. The SMILES string of the molecule is CNC1CCC(n2cnc3cc(C)c(C)cc32)C1. The van der Waals surface area contributed by atoms with Gasteiger partial charge in [0.2, 0.25) is 0 Å². The molecule has 3 heteroatoms. The first kappa shape index (κ1) is 11.7. The molecule has 0 aliphatic heterocycles. The number of nitrogens with zero attached hydrogens (tertiary/aromatic N) is 2. The largest absolute Gasteiger partial charge is 0.327 e. The molecule has 3 rings (SSSR count). The van der Waals surface area contributed by atoms with Crippen LogP contribution in [-0.2, 0) is 0 Å². The molecule has 0 saturated heterocycles. The van der Waals surface area contributed by atoms with E-state index in [1.807, 2.05) is 6.33 Å². The monoisotopic (exact) mass is 243 g/mol. The Balaban J connectivity index is 2.00. The minimum Gasteiger partial charge on any atom is -0.327 e. The highest BCUT2D eigenvalue weighted by atomic mass is 15.1. The van der Waals surface area contributed by atoms with Gasteiger partial charge in [0.15, 0.2) is 0 Å². The molecule has 0 bridgehead atoms. The van der Waals surface area contributed by atoms with Gasteiger partial charge in [0.25, 0.3) is 0 Å². The molecule has 1 aromatic heterocycles. The van der Waals surface area contributed by atoms with Crippen LogP contribution in [0.4, 0.5) is 0 Å². The molecule has 1 heterocycles. The second-order valence-electron chi connectivity index (χ2n) is 5.53.